The lowest BCUT2D eigenvalue weighted by Crippen LogP contribution is -2.43. The molecule has 0 unspecified atom stereocenters. The zero-order chi connectivity index (χ0) is 17.9. The summed E-state index contributed by atoms with van der Waals surface area (Å²) in [6.07, 6.45) is 6.68. The quantitative estimate of drug-likeness (QED) is 0.849. The van der Waals surface area contributed by atoms with E-state index in [1.807, 2.05) is 29.0 Å². The second-order valence-corrected chi connectivity index (χ2v) is 7.20. The minimum atomic E-state index is -0.956. The maximum Gasteiger partial charge on any atom is 0.221 e. The molecule has 0 saturated carbocycles. The number of rotatable bonds is 6. The van der Waals surface area contributed by atoms with Gasteiger partial charge in [0.2, 0.25) is 5.91 Å². The normalized spacial score (nSPS) is 19.7. The van der Waals surface area contributed by atoms with Gasteiger partial charge in [0.1, 0.15) is 11.4 Å². The molecule has 1 aliphatic rings. The Morgan fingerprint density at radius 3 is 3.00 bits per heavy atom. The fourth-order valence-corrected chi connectivity index (χ4v) is 3.65. The Morgan fingerprint density at radius 1 is 1.40 bits per heavy atom. The molecular formula is C20H27N3O2. The summed E-state index contributed by atoms with van der Waals surface area (Å²) in [7, 11) is 0. The Bertz CT molecular complexity index is 738. The van der Waals surface area contributed by atoms with Crippen molar-refractivity contribution < 1.29 is 9.90 Å². The second kappa shape index (κ2) is 7.40. The zero-order valence-corrected chi connectivity index (χ0v) is 15.0. The molecule has 0 fully saturated rings. The average Bonchev–Trinajstić information content (AvgIpc) is 3.08. The first kappa shape index (κ1) is 17.7. The molecule has 5 heteroatoms. The highest BCUT2D eigenvalue weighted by Gasteiger charge is 2.34. The summed E-state index contributed by atoms with van der Waals surface area (Å²) in [5.41, 5.74) is 1.19. The molecule has 0 aliphatic heterocycles. The Hall–Kier alpha value is -2.14. The van der Waals surface area contributed by atoms with E-state index in [0.29, 0.717) is 25.3 Å². The third-order valence-electron chi connectivity index (χ3n) is 4.98. The van der Waals surface area contributed by atoms with E-state index in [4.69, 9.17) is 0 Å². The summed E-state index contributed by atoms with van der Waals surface area (Å²) >= 11 is 0. The molecule has 5 nitrogen and oxygen atoms in total. The summed E-state index contributed by atoms with van der Waals surface area (Å²) in [5, 5.41) is 13.9. The number of aliphatic hydroxyl groups is 1. The van der Waals surface area contributed by atoms with Crippen molar-refractivity contribution in [3.05, 3.63) is 53.6 Å². The lowest BCUT2D eigenvalue weighted by Gasteiger charge is -2.34. The predicted octanol–water partition coefficient (Wildman–Crippen LogP) is 2.74. The summed E-state index contributed by atoms with van der Waals surface area (Å²) in [4.78, 5) is 16.6. The first-order chi connectivity index (χ1) is 12.0. The molecular weight excluding hydrogens is 314 g/mol. The number of carbonyl (C=O) groups excluding carboxylic acids is 1. The summed E-state index contributed by atoms with van der Waals surface area (Å²) < 4.78 is 2.02. The molecule has 3 rings (SSSR count). The number of aromatic nitrogens is 2. The lowest BCUT2D eigenvalue weighted by atomic mass is 9.79. The van der Waals surface area contributed by atoms with E-state index in [1.54, 1.807) is 6.20 Å². The molecule has 0 saturated heterocycles. The highest BCUT2D eigenvalue weighted by Crippen LogP contribution is 2.34. The van der Waals surface area contributed by atoms with Crippen LogP contribution in [0.4, 0.5) is 0 Å². The lowest BCUT2D eigenvalue weighted by molar-refractivity contribution is -0.122. The fourth-order valence-electron chi connectivity index (χ4n) is 3.65. The third kappa shape index (κ3) is 3.93. The van der Waals surface area contributed by atoms with Gasteiger partial charge in [-0.1, -0.05) is 38.1 Å². The van der Waals surface area contributed by atoms with Gasteiger partial charge in [-0.3, -0.25) is 4.79 Å². The Labute approximate surface area is 149 Å². The minimum Gasteiger partial charge on any atom is -0.383 e. The van der Waals surface area contributed by atoms with Crippen LogP contribution >= 0.6 is 0 Å². The van der Waals surface area contributed by atoms with Gasteiger partial charge in [-0.05, 0) is 30.4 Å². The third-order valence-corrected chi connectivity index (χ3v) is 4.98. The van der Waals surface area contributed by atoms with Crippen molar-refractivity contribution >= 4 is 5.91 Å². The van der Waals surface area contributed by atoms with Gasteiger partial charge in [-0.25, -0.2) is 4.98 Å². The Morgan fingerprint density at radius 2 is 2.20 bits per heavy atom. The first-order valence-electron chi connectivity index (χ1n) is 9.08. The zero-order valence-electron chi connectivity index (χ0n) is 15.0. The van der Waals surface area contributed by atoms with E-state index in [9.17, 15) is 9.90 Å². The van der Waals surface area contributed by atoms with Gasteiger partial charge < -0.3 is 15.0 Å². The van der Waals surface area contributed by atoms with Gasteiger partial charge in [0.25, 0.3) is 0 Å². The van der Waals surface area contributed by atoms with Gasteiger partial charge in [-0.15, -0.1) is 0 Å². The van der Waals surface area contributed by atoms with E-state index in [-0.39, 0.29) is 12.5 Å². The molecule has 0 bridgehead atoms. The molecule has 0 radical (unpaired) electrons. The molecule has 1 heterocycles. The van der Waals surface area contributed by atoms with E-state index in [0.717, 1.165) is 24.2 Å². The van der Waals surface area contributed by atoms with Gasteiger partial charge in [0, 0.05) is 31.3 Å². The van der Waals surface area contributed by atoms with Crippen molar-refractivity contribution in [2.45, 2.75) is 57.6 Å². The Balaban J connectivity index is 1.57. The SMILES string of the molecule is CC(C)c1nccn1CCC(=O)NC[C@]1(O)CCCc2ccccc21. The largest absolute Gasteiger partial charge is 0.383 e. The first-order valence-corrected chi connectivity index (χ1v) is 9.08. The van der Waals surface area contributed by atoms with Crippen molar-refractivity contribution in [1.29, 1.82) is 0 Å². The second-order valence-electron chi connectivity index (χ2n) is 7.20. The van der Waals surface area contributed by atoms with E-state index in [2.05, 4.69) is 30.2 Å². The molecule has 1 amide bonds. The predicted molar refractivity (Wildman–Crippen MR) is 97.2 cm³/mol. The van der Waals surface area contributed by atoms with Crippen LogP contribution in [0.5, 0.6) is 0 Å². The van der Waals surface area contributed by atoms with Gasteiger partial charge in [0.05, 0.1) is 6.54 Å². The fraction of sp³-hybridized carbons (Fsp3) is 0.500. The summed E-state index contributed by atoms with van der Waals surface area (Å²) in [6.45, 7) is 5.06. The van der Waals surface area contributed by atoms with Crippen molar-refractivity contribution in [2.24, 2.45) is 0 Å². The number of fused-ring (bicyclic) bond motifs is 1. The molecule has 1 aromatic heterocycles. The van der Waals surface area contributed by atoms with Crippen LogP contribution < -0.4 is 5.32 Å². The van der Waals surface area contributed by atoms with E-state index in [1.165, 1.54) is 5.56 Å². The van der Waals surface area contributed by atoms with Crippen molar-refractivity contribution in [3.63, 3.8) is 0 Å². The minimum absolute atomic E-state index is 0.0418. The van der Waals surface area contributed by atoms with Gasteiger partial charge in [0.15, 0.2) is 0 Å². The van der Waals surface area contributed by atoms with E-state index >= 15 is 0 Å². The maximum atomic E-state index is 12.3. The molecule has 2 N–H and O–H groups in total. The van der Waals surface area contributed by atoms with Crippen molar-refractivity contribution in [3.8, 4) is 0 Å². The highest BCUT2D eigenvalue weighted by atomic mass is 16.3. The molecule has 2 aromatic rings. The van der Waals surface area contributed by atoms with Crippen LogP contribution in [0.2, 0.25) is 0 Å². The maximum absolute atomic E-state index is 12.3. The van der Waals surface area contributed by atoms with Gasteiger partial charge in [-0.2, -0.15) is 0 Å². The number of hydrogen-bond donors (Lipinski definition) is 2. The molecule has 134 valence electrons. The topological polar surface area (TPSA) is 67.2 Å². The van der Waals surface area contributed by atoms with Crippen LogP contribution in [0.1, 0.15) is 56.0 Å². The number of imidazole rings is 1. The number of amides is 1. The standard InChI is InChI=1S/C20H27N3O2/c1-15(2)19-21-11-13-23(19)12-9-18(24)22-14-20(25)10-5-7-16-6-3-4-8-17(16)20/h3-4,6,8,11,13,15,25H,5,7,9-10,12,14H2,1-2H3,(H,22,24)/t20-/m1/s1. The highest BCUT2D eigenvalue weighted by molar-refractivity contribution is 5.75. The number of aryl methyl sites for hydroxylation is 2. The number of hydrogen-bond acceptors (Lipinski definition) is 3. The molecule has 0 spiro atoms. The number of nitrogens with one attached hydrogen (secondary N) is 1. The monoisotopic (exact) mass is 341 g/mol. The van der Waals surface area contributed by atoms with Crippen LogP contribution in [0.25, 0.3) is 0 Å². The smallest absolute Gasteiger partial charge is 0.221 e. The molecule has 1 atom stereocenters. The molecule has 1 aromatic carbocycles. The van der Waals surface area contributed by atoms with E-state index < -0.39 is 5.60 Å². The number of benzene rings is 1. The van der Waals surface area contributed by atoms with Crippen LogP contribution in [-0.4, -0.2) is 27.1 Å². The number of nitrogens with zero attached hydrogens (tertiary/aromatic N) is 2. The molecule has 1 aliphatic carbocycles. The van der Waals surface area contributed by atoms with Crippen molar-refractivity contribution in [1.82, 2.24) is 14.9 Å². The van der Waals surface area contributed by atoms with Crippen LogP contribution in [0.3, 0.4) is 0 Å². The van der Waals surface area contributed by atoms with Crippen LogP contribution in [0, 0.1) is 0 Å². The number of carbonyl (C=O) groups is 1. The van der Waals surface area contributed by atoms with Crippen LogP contribution in [-0.2, 0) is 23.4 Å². The van der Waals surface area contributed by atoms with Crippen LogP contribution in [0.15, 0.2) is 36.7 Å². The van der Waals surface area contributed by atoms with Crippen molar-refractivity contribution in [2.75, 3.05) is 6.54 Å². The van der Waals surface area contributed by atoms with Gasteiger partial charge >= 0.3 is 0 Å². The summed E-state index contributed by atoms with van der Waals surface area (Å²) in [6, 6.07) is 7.98. The molecule has 25 heavy (non-hydrogen) atoms. The summed E-state index contributed by atoms with van der Waals surface area (Å²) in [5.74, 6) is 1.28. The average molecular weight is 341 g/mol. The Kier molecular flexibility index (Phi) is 5.23.